The molecule has 0 radical (unpaired) electrons. The van der Waals surface area contributed by atoms with Crippen molar-refractivity contribution >= 4 is 23.5 Å². The summed E-state index contributed by atoms with van der Waals surface area (Å²) in [7, 11) is 1.59. The van der Waals surface area contributed by atoms with Gasteiger partial charge in [0.05, 0.1) is 5.69 Å². The molecule has 0 fully saturated rings. The Hall–Kier alpha value is -3.74. The molecule has 3 rings (SSSR count). The molecule has 2 amide bonds. The van der Waals surface area contributed by atoms with Crippen molar-refractivity contribution in [2.45, 2.75) is 6.92 Å². The van der Waals surface area contributed by atoms with Gasteiger partial charge in [0.25, 0.3) is 5.91 Å². The maximum Gasteiger partial charge on any atom is 0.251 e. The first-order valence-electron chi connectivity index (χ1n) is 8.31. The third kappa shape index (κ3) is 3.92. The first-order chi connectivity index (χ1) is 13.0. The molecule has 0 unspecified atom stereocenters. The first-order valence-corrected chi connectivity index (χ1v) is 8.31. The summed E-state index contributed by atoms with van der Waals surface area (Å²) >= 11 is 0. The van der Waals surface area contributed by atoms with Crippen LogP contribution in [0.5, 0.6) is 0 Å². The van der Waals surface area contributed by atoms with E-state index in [1.807, 2.05) is 13.0 Å². The maximum atomic E-state index is 11.6. The van der Waals surface area contributed by atoms with Gasteiger partial charge in [0.2, 0.25) is 11.9 Å². The van der Waals surface area contributed by atoms with Gasteiger partial charge < -0.3 is 16.4 Å². The number of nitrogens with one attached hydrogen (secondary N) is 2. The molecule has 0 aliphatic rings. The Morgan fingerprint density at radius 3 is 2.44 bits per heavy atom. The van der Waals surface area contributed by atoms with Crippen molar-refractivity contribution in [3.05, 3.63) is 71.4 Å². The summed E-state index contributed by atoms with van der Waals surface area (Å²) in [4.78, 5) is 31.9. The lowest BCUT2D eigenvalue weighted by molar-refractivity contribution is 0.0961. The standard InChI is InChI=1S/C20H19N5O2/c1-12-15(4-3-5-16(12)18(21)26)17-10-11-23-20(25-17)24-14-8-6-13(7-9-14)19(27)22-2/h3-11H,1-2H3,(H2,21,26)(H,22,27)(H,23,24,25). The minimum atomic E-state index is -0.474. The maximum absolute atomic E-state index is 11.6. The van der Waals surface area contributed by atoms with Gasteiger partial charge >= 0.3 is 0 Å². The second-order valence-electron chi connectivity index (χ2n) is 5.89. The molecule has 3 aromatic rings. The Balaban J connectivity index is 1.87. The van der Waals surface area contributed by atoms with Crippen LogP contribution in [0.1, 0.15) is 26.3 Å². The van der Waals surface area contributed by atoms with E-state index in [9.17, 15) is 9.59 Å². The SMILES string of the molecule is CNC(=O)c1ccc(Nc2nccc(-c3cccc(C(N)=O)c3C)n2)cc1. The highest BCUT2D eigenvalue weighted by Crippen LogP contribution is 2.25. The summed E-state index contributed by atoms with van der Waals surface area (Å²) in [6, 6.07) is 14.1. The number of nitrogens with zero attached hydrogens (tertiary/aromatic N) is 2. The molecule has 0 saturated carbocycles. The predicted octanol–water partition coefficient (Wildman–Crippen LogP) is 2.65. The van der Waals surface area contributed by atoms with E-state index in [0.717, 1.165) is 16.8 Å². The van der Waals surface area contributed by atoms with Crippen LogP contribution in [-0.2, 0) is 0 Å². The Labute approximate surface area is 156 Å². The minimum absolute atomic E-state index is 0.149. The predicted molar refractivity (Wildman–Crippen MR) is 104 cm³/mol. The molecular weight excluding hydrogens is 342 g/mol. The number of carbonyl (C=O) groups excluding carboxylic acids is 2. The van der Waals surface area contributed by atoms with Gasteiger partial charge in [-0.15, -0.1) is 0 Å². The van der Waals surface area contributed by atoms with Crippen LogP contribution in [-0.4, -0.2) is 28.8 Å². The zero-order valence-corrected chi connectivity index (χ0v) is 15.0. The number of primary amides is 1. The molecule has 7 nitrogen and oxygen atoms in total. The molecule has 0 aliphatic heterocycles. The summed E-state index contributed by atoms with van der Waals surface area (Å²) in [5.41, 5.74) is 9.46. The van der Waals surface area contributed by atoms with E-state index in [2.05, 4.69) is 20.6 Å². The second kappa shape index (κ2) is 7.65. The third-order valence-corrected chi connectivity index (χ3v) is 4.16. The van der Waals surface area contributed by atoms with Crippen LogP contribution < -0.4 is 16.4 Å². The topological polar surface area (TPSA) is 110 Å². The molecule has 0 spiro atoms. The Kier molecular flexibility index (Phi) is 5.12. The van der Waals surface area contributed by atoms with Crippen molar-refractivity contribution in [1.82, 2.24) is 15.3 Å². The smallest absolute Gasteiger partial charge is 0.251 e. The van der Waals surface area contributed by atoms with Gasteiger partial charge in [0.1, 0.15) is 0 Å². The zero-order valence-electron chi connectivity index (χ0n) is 15.0. The first kappa shape index (κ1) is 18.1. The van der Waals surface area contributed by atoms with E-state index >= 15 is 0 Å². The zero-order chi connectivity index (χ0) is 19.4. The van der Waals surface area contributed by atoms with Gasteiger partial charge in [-0.05, 0) is 48.9 Å². The summed E-state index contributed by atoms with van der Waals surface area (Å²) < 4.78 is 0. The van der Waals surface area contributed by atoms with Gasteiger partial charge in [0.15, 0.2) is 0 Å². The highest BCUT2D eigenvalue weighted by molar-refractivity contribution is 5.96. The summed E-state index contributed by atoms with van der Waals surface area (Å²) in [6.07, 6.45) is 1.64. The fraction of sp³-hybridized carbons (Fsp3) is 0.100. The molecule has 4 N–H and O–H groups in total. The number of carbonyl (C=O) groups is 2. The number of amides is 2. The van der Waals surface area contributed by atoms with Crippen molar-refractivity contribution < 1.29 is 9.59 Å². The highest BCUT2D eigenvalue weighted by Gasteiger charge is 2.12. The highest BCUT2D eigenvalue weighted by atomic mass is 16.1. The molecule has 27 heavy (non-hydrogen) atoms. The number of aromatic nitrogens is 2. The van der Waals surface area contributed by atoms with Gasteiger partial charge in [-0.3, -0.25) is 9.59 Å². The van der Waals surface area contributed by atoms with Crippen LogP contribution in [0, 0.1) is 6.92 Å². The molecule has 0 bridgehead atoms. The van der Waals surface area contributed by atoms with Gasteiger partial charge in [-0.2, -0.15) is 0 Å². The molecule has 136 valence electrons. The van der Waals surface area contributed by atoms with E-state index in [4.69, 9.17) is 5.73 Å². The van der Waals surface area contributed by atoms with Crippen molar-refractivity contribution in [3.63, 3.8) is 0 Å². The van der Waals surface area contributed by atoms with E-state index in [-0.39, 0.29) is 5.91 Å². The van der Waals surface area contributed by atoms with Crippen molar-refractivity contribution in [2.24, 2.45) is 5.73 Å². The number of rotatable bonds is 5. The monoisotopic (exact) mass is 361 g/mol. The largest absolute Gasteiger partial charge is 0.366 e. The molecule has 0 saturated heterocycles. The molecule has 0 aliphatic carbocycles. The second-order valence-corrected chi connectivity index (χ2v) is 5.89. The lowest BCUT2D eigenvalue weighted by atomic mass is 9.99. The number of hydrogen-bond donors (Lipinski definition) is 3. The number of hydrogen-bond acceptors (Lipinski definition) is 5. The van der Waals surface area contributed by atoms with Crippen molar-refractivity contribution in [2.75, 3.05) is 12.4 Å². The average molecular weight is 361 g/mol. The van der Waals surface area contributed by atoms with Crippen LogP contribution in [0.4, 0.5) is 11.6 Å². The molecule has 0 atom stereocenters. The Morgan fingerprint density at radius 2 is 1.78 bits per heavy atom. The molecule has 2 aromatic carbocycles. The van der Waals surface area contributed by atoms with Gasteiger partial charge in [-0.25, -0.2) is 9.97 Å². The van der Waals surface area contributed by atoms with Gasteiger partial charge in [0, 0.05) is 35.6 Å². The van der Waals surface area contributed by atoms with Crippen molar-refractivity contribution in [3.8, 4) is 11.3 Å². The number of anilines is 2. The number of nitrogens with two attached hydrogens (primary N) is 1. The van der Waals surface area contributed by atoms with Crippen LogP contribution in [0.25, 0.3) is 11.3 Å². The summed E-state index contributed by atoms with van der Waals surface area (Å²) in [6.45, 7) is 1.84. The van der Waals surface area contributed by atoms with Crippen LogP contribution in [0.15, 0.2) is 54.7 Å². The van der Waals surface area contributed by atoms with E-state index in [1.54, 1.807) is 55.7 Å². The fourth-order valence-electron chi connectivity index (χ4n) is 2.73. The van der Waals surface area contributed by atoms with Crippen LogP contribution >= 0.6 is 0 Å². The van der Waals surface area contributed by atoms with Crippen LogP contribution in [0.3, 0.4) is 0 Å². The average Bonchev–Trinajstić information content (AvgIpc) is 2.68. The van der Waals surface area contributed by atoms with E-state index in [1.165, 1.54) is 0 Å². The summed E-state index contributed by atoms with van der Waals surface area (Å²) in [5, 5.41) is 5.69. The van der Waals surface area contributed by atoms with E-state index < -0.39 is 5.91 Å². The molecule has 1 aromatic heterocycles. The normalized spacial score (nSPS) is 10.3. The van der Waals surface area contributed by atoms with Gasteiger partial charge in [-0.1, -0.05) is 12.1 Å². The van der Waals surface area contributed by atoms with E-state index in [0.29, 0.717) is 22.8 Å². The molecule has 7 heteroatoms. The molecular formula is C20H19N5O2. The summed E-state index contributed by atoms with van der Waals surface area (Å²) in [5.74, 6) is -0.216. The lowest BCUT2D eigenvalue weighted by Crippen LogP contribution is -2.17. The minimum Gasteiger partial charge on any atom is -0.366 e. The number of benzene rings is 2. The van der Waals surface area contributed by atoms with Crippen LogP contribution in [0.2, 0.25) is 0 Å². The Morgan fingerprint density at radius 1 is 1.04 bits per heavy atom. The fourth-order valence-corrected chi connectivity index (χ4v) is 2.73. The molecule has 1 heterocycles. The third-order valence-electron chi connectivity index (χ3n) is 4.16. The quantitative estimate of drug-likeness (QED) is 0.647. The lowest BCUT2D eigenvalue weighted by Gasteiger charge is -2.10. The Bertz CT molecular complexity index is 1000. The van der Waals surface area contributed by atoms with Crippen molar-refractivity contribution in [1.29, 1.82) is 0 Å².